The minimum Gasteiger partial charge on any atom is -0.315 e. The topological polar surface area (TPSA) is 84.0 Å². The van der Waals surface area contributed by atoms with Crippen LogP contribution in [-0.4, -0.2) is 36.7 Å². The zero-order chi connectivity index (χ0) is 14.1. The summed E-state index contributed by atoms with van der Waals surface area (Å²) in [5.74, 6) is 0.151. The van der Waals surface area contributed by atoms with Crippen LogP contribution in [0.25, 0.3) is 0 Å². The van der Waals surface area contributed by atoms with Gasteiger partial charge in [-0.2, -0.15) is 0 Å². The van der Waals surface area contributed by atoms with Crippen LogP contribution in [0.2, 0.25) is 0 Å². The van der Waals surface area contributed by atoms with E-state index in [1.807, 2.05) is 0 Å². The first-order valence-corrected chi connectivity index (χ1v) is 8.10. The summed E-state index contributed by atoms with van der Waals surface area (Å²) >= 11 is 0. The lowest BCUT2D eigenvalue weighted by molar-refractivity contribution is 0.555. The average Bonchev–Trinajstić information content (AvgIpc) is 2.37. The van der Waals surface area contributed by atoms with Crippen LogP contribution in [0.5, 0.6) is 0 Å². The van der Waals surface area contributed by atoms with Crippen molar-refractivity contribution in [3.63, 3.8) is 0 Å². The molecule has 0 fully saturated rings. The number of sulfonamides is 1. The Morgan fingerprint density at radius 3 is 2.74 bits per heavy atom. The molecule has 0 radical (unpaired) electrons. The second-order valence-corrected chi connectivity index (χ2v) is 6.58. The van der Waals surface area contributed by atoms with Gasteiger partial charge in [0, 0.05) is 12.2 Å². The normalized spacial score (nSPS) is 11.9. The monoisotopic (exact) mass is 286 g/mol. The third kappa shape index (κ3) is 7.86. The van der Waals surface area contributed by atoms with Crippen molar-refractivity contribution in [1.29, 1.82) is 0 Å². The lowest BCUT2D eigenvalue weighted by Gasteiger charge is -2.08. The van der Waals surface area contributed by atoms with Crippen LogP contribution in [-0.2, 0) is 16.6 Å². The third-order valence-electron chi connectivity index (χ3n) is 2.51. The van der Waals surface area contributed by atoms with Gasteiger partial charge in [0.15, 0.2) is 0 Å². The SMILES string of the molecule is CC(C)NCCCCS(=O)(=O)NCc1ccncn1. The first kappa shape index (κ1) is 16.0. The number of nitrogens with zero attached hydrogens (tertiary/aromatic N) is 2. The quantitative estimate of drug-likeness (QED) is 0.652. The van der Waals surface area contributed by atoms with E-state index in [1.54, 1.807) is 12.3 Å². The molecule has 1 heterocycles. The van der Waals surface area contributed by atoms with Gasteiger partial charge >= 0.3 is 0 Å². The van der Waals surface area contributed by atoms with Crippen molar-refractivity contribution in [3.8, 4) is 0 Å². The number of aromatic nitrogens is 2. The largest absolute Gasteiger partial charge is 0.315 e. The van der Waals surface area contributed by atoms with Crippen molar-refractivity contribution < 1.29 is 8.42 Å². The molecule has 0 bridgehead atoms. The van der Waals surface area contributed by atoms with Gasteiger partial charge in [0.05, 0.1) is 18.0 Å². The molecule has 0 atom stereocenters. The standard InChI is InChI=1S/C12H22N4O2S/c1-11(2)14-6-3-4-8-19(17,18)16-9-12-5-7-13-10-15-12/h5,7,10-11,14,16H,3-4,6,8-9H2,1-2H3. The van der Waals surface area contributed by atoms with E-state index in [0.717, 1.165) is 13.0 Å². The Bertz CT molecular complexity index is 448. The zero-order valence-corrected chi connectivity index (χ0v) is 12.3. The highest BCUT2D eigenvalue weighted by atomic mass is 32.2. The van der Waals surface area contributed by atoms with Gasteiger partial charge in [-0.25, -0.2) is 23.1 Å². The zero-order valence-electron chi connectivity index (χ0n) is 11.5. The Morgan fingerprint density at radius 2 is 2.11 bits per heavy atom. The Kier molecular flexibility index (Phi) is 6.90. The molecule has 7 heteroatoms. The molecule has 1 aromatic heterocycles. The number of unbranched alkanes of at least 4 members (excludes halogenated alkanes) is 1. The van der Waals surface area contributed by atoms with Crippen LogP contribution in [0.15, 0.2) is 18.6 Å². The molecule has 0 aliphatic rings. The van der Waals surface area contributed by atoms with Gasteiger partial charge in [0.2, 0.25) is 10.0 Å². The maximum absolute atomic E-state index is 11.7. The maximum atomic E-state index is 11.7. The molecule has 0 aliphatic heterocycles. The average molecular weight is 286 g/mol. The molecule has 0 aliphatic carbocycles. The van der Waals surface area contributed by atoms with E-state index in [2.05, 4.69) is 33.9 Å². The highest BCUT2D eigenvalue weighted by molar-refractivity contribution is 7.89. The molecule has 2 N–H and O–H groups in total. The summed E-state index contributed by atoms with van der Waals surface area (Å²) in [6, 6.07) is 2.13. The molecule has 0 unspecified atom stereocenters. The summed E-state index contributed by atoms with van der Waals surface area (Å²) in [5, 5.41) is 3.26. The van der Waals surface area contributed by atoms with Crippen molar-refractivity contribution in [2.75, 3.05) is 12.3 Å². The third-order valence-corrected chi connectivity index (χ3v) is 3.92. The van der Waals surface area contributed by atoms with Crippen molar-refractivity contribution >= 4 is 10.0 Å². The minimum absolute atomic E-state index is 0.151. The van der Waals surface area contributed by atoms with Crippen molar-refractivity contribution in [1.82, 2.24) is 20.0 Å². The van der Waals surface area contributed by atoms with E-state index in [9.17, 15) is 8.42 Å². The lowest BCUT2D eigenvalue weighted by Crippen LogP contribution is -2.27. The second-order valence-electron chi connectivity index (χ2n) is 4.66. The van der Waals surface area contributed by atoms with E-state index in [0.29, 0.717) is 18.2 Å². The minimum atomic E-state index is -3.22. The van der Waals surface area contributed by atoms with Crippen molar-refractivity contribution in [2.45, 2.75) is 39.3 Å². The van der Waals surface area contributed by atoms with Gasteiger partial charge in [-0.05, 0) is 25.5 Å². The Hall–Kier alpha value is -1.05. The van der Waals surface area contributed by atoms with Crippen molar-refractivity contribution in [3.05, 3.63) is 24.3 Å². The first-order valence-electron chi connectivity index (χ1n) is 6.45. The van der Waals surface area contributed by atoms with E-state index in [-0.39, 0.29) is 12.3 Å². The fraction of sp³-hybridized carbons (Fsp3) is 0.667. The molecule has 6 nitrogen and oxygen atoms in total. The van der Waals surface area contributed by atoms with Gasteiger partial charge in [-0.15, -0.1) is 0 Å². The lowest BCUT2D eigenvalue weighted by atomic mass is 10.3. The first-order chi connectivity index (χ1) is 8.99. The van der Waals surface area contributed by atoms with E-state index >= 15 is 0 Å². The van der Waals surface area contributed by atoms with Crippen LogP contribution in [0.4, 0.5) is 0 Å². The molecule has 0 amide bonds. The van der Waals surface area contributed by atoms with Gasteiger partial charge in [0.25, 0.3) is 0 Å². The number of hydrogen-bond acceptors (Lipinski definition) is 5. The summed E-state index contributed by atoms with van der Waals surface area (Å²) in [6.07, 6.45) is 4.50. The fourth-order valence-electron chi connectivity index (χ4n) is 1.49. The molecular weight excluding hydrogens is 264 g/mol. The van der Waals surface area contributed by atoms with E-state index in [4.69, 9.17) is 0 Å². The summed E-state index contributed by atoms with van der Waals surface area (Å²) in [5.41, 5.74) is 0.667. The highest BCUT2D eigenvalue weighted by Crippen LogP contribution is 1.97. The number of nitrogens with one attached hydrogen (secondary N) is 2. The molecule has 0 aromatic carbocycles. The molecule has 0 saturated carbocycles. The molecule has 1 aromatic rings. The van der Waals surface area contributed by atoms with Gasteiger partial charge in [0.1, 0.15) is 6.33 Å². The van der Waals surface area contributed by atoms with Crippen LogP contribution in [0.1, 0.15) is 32.4 Å². The Labute approximate surface area is 115 Å². The maximum Gasteiger partial charge on any atom is 0.211 e. The molecule has 0 spiro atoms. The van der Waals surface area contributed by atoms with Crippen molar-refractivity contribution in [2.24, 2.45) is 0 Å². The summed E-state index contributed by atoms with van der Waals surface area (Å²) < 4.78 is 26.0. The fourth-order valence-corrected chi connectivity index (χ4v) is 2.58. The van der Waals surface area contributed by atoms with Gasteiger partial charge in [-0.1, -0.05) is 13.8 Å². The molecular formula is C12H22N4O2S. The Balaban J connectivity index is 2.21. The van der Waals surface area contributed by atoms with Crippen LogP contribution >= 0.6 is 0 Å². The van der Waals surface area contributed by atoms with Crippen LogP contribution < -0.4 is 10.0 Å². The molecule has 0 saturated heterocycles. The molecule has 1 rings (SSSR count). The second kappa shape index (κ2) is 8.19. The molecule has 19 heavy (non-hydrogen) atoms. The summed E-state index contributed by atoms with van der Waals surface area (Å²) in [6.45, 7) is 5.20. The van der Waals surface area contributed by atoms with Gasteiger partial charge < -0.3 is 5.32 Å². The van der Waals surface area contributed by atoms with Gasteiger partial charge in [-0.3, -0.25) is 0 Å². The summed E-state index contributed by atoms with van der Waals surface area (Å²) in [7, 11) is -3.22. The van der Waals surface area contributed by atoms with Crippen LogP contribution in [0.3, 0.4) is 0 Å². The summed E-state index contributed by atoms with van der Waals surface area (Å²) in [4.78, 5) is 7.74. The highest BCUT2D eigenvalue weighted by Gasteiger charge is 2.09. The van der Waals surface area contributed by atoms with E-state index < -0.39 is 10.0 Å². The molecule has 108 valence electrons. The van der Waals surface area contributed by atoms with E-state index in [1.165, 1.54) is 6.33 Å². The number of hydrogen-bond donors (Lipinski definition) is 2. The predicted molar refractivity (Wildman–Crippen MR) is 75.0 cm³/mol. The predicted octanol–water partition coefficient (Wildman–Crippen LogP) is 0.674. The smallest absolute Gasteiger partial charge is 0.211 e. The number of rotatable bonds is 9. The van der Waals surface area contributed by atoms with Crippen LogP contribution in [0, 0.1) is 0 Å². The Morgan fingerprint density at radius 1 is 1.32 bits per heavy atom.